The topological polar surface area (TPSA) is 67.8 Å². The summed E-state index contributed by atoms with van der Waals surface area (Å²) in [6.07, 6.45) is 8.28. The summed E-state index contributed by atoms with van der Waals surface area (Å²) in [5.41, 5.74) is 0. The molecule has 1 aliphatic carbocycles. The van der Waals surface area contributed by atoms with Gasteiger partial charge in [-0.1, -0.05) is 24.3 Å². The standard InChI is InChI=1S/C12H14N2O3S/c1-17-12(16)7-13-10(15)6-11-14-8-4-2-3-5-9(8)18-11/h2-5,8-9H,6-7H2,1H3,(H,13,15). The Hall–Kier alpha value is -1.56. The van der Waals surface area contributed by atoms with Gasteiger partial charge in [0.25, 0.3) is 0 Å². The van der Waals surface area contributed by atoms with Crippen LogP contribution in [0.4, 0.5) is 0 Å². The molecule has 2 atom stereocenters. The molecule has 0 fully saturated rings. The first-order valence-corrected chi connectivity index (χ1v) is 6.49. The molecule has 2 unspecified atom stereocenters. The average Bonchev–Trinajstić information content (AvgIpc) is 2.77. The van der Waals surface area contributed by atoms with Crippen LogP contribution in [0.25, 0.3) is 0 Å². The van der Waals surface area contributed by atoms with Crippen LogP contribution in [-0.2, 0) is 14.3 Å². The fraction of sp³-hybridized carbons (Fsp3) is 0.417. The normalized spacial score (nSPS) is 24.4. The highest BCUT2D eigenvalue weighted by molar-refractivity contribution is 8.15. The summed E-state index contributed by atoms with van der Waals surface area (Å²) in [5, 5.41) is 3.61. The second-order valence-corrected chi connectivity index (χ2v) is 5.15. The molecule has 5 nitrogen and oxygen atoms in total. The zero-order chi connectivity index (χ0) is 13.0. The predicted octanol–water partition coefficient (Wildman–Crippen LogP) is 0.674. The number of rotatable bonds is 4. The Bertz CT molecular complexity index is 443. The summed E-state index contributed by atoms with van der Waals surface area (Å²) >= 11 is 1.60. The molecule has 0 aromatic rings. The highest BCUT2D eigenvalue weighted by Crippen LogP contribution is 2.31. The van der Waals surface area contributed by atoms with E-state index in [9.17, 15) is 9.59 Å². The maximum absolute atomic E-state index is 11.6. The number of nitrogens with zero attached hydrogens (tertiary/aromatic N) is 1. The molecule has 1 heterocycles. The predicted molar refractivity (Wildman–Crippen MR) is 70.5 cm³/mol. The third kappa shape index (κ3) is 3.22. The number of ether oxygens (including phenoxy) is 1. The van der Waals surface area contributed by atoms with Gasteiger partial charge in [-0.3, -0.25) is 14.6 Å². The fourth-order valence-electron chi connectivity index (χ4n) is 1.68. The Labute approximate surface area is 109 Å². The molecule has 0 aromatic heterocycles. The highest BCUT2D eigenvalue weighted by Gasteiger charge is 2.28. The van der Waals surface area contributed by atoms with Gasteiger partial charge in [-0.25, -0.2) is 0 Å². The molecule has 96 valence electrons. The van der Waals surface area contributed by atoms with Crippen LogP contribution in [0.3, 0.4) is 0 Å². The van der Waals surface area contributed by atoms with Gasteiger partial charge in [0.2, 0.25) is 5.91 Å². The first-order valence-electron chi connectivity index (χ1n) is 5.61. The first kappa shape index (κ1) is 12.9. The van der Waals surface area contributed by atoms with Crippen LogP contribution in [0.1, 0.15) is 6.42 Å². The summed E-state index contributed by atoms with van der Waals surface area (Å²) in [5.74, 6) is -0.665. The molecule has 0 saturated heterocycles. The lowest BCUT2D eigenvalue weighted by atomic mass is 10.1. The number of allylic oxidation sites excluding steroid dienone is 2. The molecule has 1 N–H and O–H groups in total. The minimum atomic E-state index is -0.455. The van der Waals surface area contributed by atoms with Crippen LogP contribution in [0.5, 0.6) is 0 Å². The van der Waals surface area contributed by atoms with E-state index in [1.165, 1.54) is 7.11 Å². The number of hydrogen-bond donors (Lipinski definition) is 1. The summed E-state index contributed by atoms with van der Waals surface area (Å²) in [6, 6.07) is 0.142. The average molecular weight is 266 g/mol. The van der Waals surface area contributed by atoms with Crippen LogP contribution in [-0.4, -0.2) is 41.9 Å². The van der Waals surface area contributed by atoms with Crippen molar-refractivity contribution in [1.29, 1.82) is 0 Å². The molecule has 0 spiro atoms. The molecule has 0 aromatic carbocycles. The molecule has 0 radical (unpaired) electrons. The van der Waals surface area contributed by atoms with Crippen molar-refractivity contribution in [3.8, 4) is 0 Å². The van der Waals surface area contributed by atoms with Gasteiger partial charge in [0, 0.05) is 0 Å². The van der Waals surface area contributed by atoms with Crippen molar-refractivity contribution in [2.75, 3.05) is 13.7 Å². The van der Waals surface area contributed by atoms with Gasteiger partial charge in [-0.05, 0) is 0 Å². The third-order valence-corrected chi connectivity index (χ3v) is 3.82. The number of esters is 1. The Morgan fingerprint density at radius 3 is 2.94 bits per heavy atom. The Kier molecular flexibility index (Phi) is 4.19. The molecular weight excluding hydrogens is 252 g/mol. The maximum atomic E-state index is 11.6. The van der Waals surface area contributed by atoms with Gasteiger partial charge in [0.15, 0.2) is 0 Å². The van der Waals surface area contributed by atoms with Crippen molar-refractivity contribution in [3.63, 3.8) is 0 Å². The maximum Gasteiger partial charge on any atom is 0.325 e. The van der Waals surface area contributed by atoms with Gasteiger partial charge in [0.1, 0.15) is 6.54 Å². The molecule has 2 rings (SSSR count). The smallest absolute Gasteiger partial charge is 0.325 e. The van der Waals surface area contributed by atoms with Crippen LogP contribution in [0.2, 0.25) is 0 Å². The molecular formula is C12H14N2O3S. The number of amides is 1. The second-order valence-electron chi connectivity index (χ2n) is 3.90. The largest absolute Gasteiger partial charge is 0.468 e. The van der Waals surface area contributed by atoms with Gasteiger partial charge >= 0.3 is 5.97 Å². The summed E-state index contributed by atoms with van der Waals surface area (Å²) < 4.78 is 4.44. The van der Waals surface area contributed by atoms with Crippen LogP contribution < -0.4 is 5.32 Å². The van der Waals surface area contributed by atoms with E-state index in [1.54, 1.807) is 11.8 Å². The quantitative estimate of drug-likeness (QED) is 0.760. The van der Waals surface area contributed by atoms with Gasteiger partial charge in [0.05, 0.1) is 29.9 Å². The van der Waals surface area contributed by atoms with Crippen molar-refractivity contribution < 1.29 is 14.3 Å². The molecule has 6 heteroatoms. The van der Waals surface area contributed by atoms with Crippen molar-refractivity contribution in [3.05, 3.63) is 24.3 Å². The number of thioether (sulfide) groups is 1. The summed E-state index contributed by atoms with van der Waals surface area (Å²) in [6.45, 7) is -0.0973. The van der Waals surface area contributed by atoms with Gasteiger partial charge in [-0.2, -0.15) is 0 Å². The Morgan fingerprint density at radius 1 is 1.44 bits per heavy atom. The zero-order valence-corrected chi connectivity index (χ0v) is 10.8. The number of aliphatic imine (C=N–C) groups is 1. The zero-order valence-electron chi connectivity index (χ0n) is 9.96. The van der Waals surface area contributed by atoms with E-state index in [1.807, 2.05) is 18.2 Å². The Morgan fingerprint density at radius 2 is 2.22 bits per heavy atom. The van der Waals surface area contributed by atoms with Crippen LogP contribution in [0, 0.1) is 0 Å². The monoisotopic (exact) mass is 266 g/mol. The number of carbonyl (C=O) groups is 2. The lowest BCUT2D eigenvalue weighted by Crippen LogP contribution is -2.30. The first-order chi connectivity index (χ1) is 8.69. The van der Waals surface area contributed by atoms with Crippen molar-refractivity contribution in [2.45, 2.75) is 17.7 Å². The van der Waals surface area contributed by atoms with Crippen molar-refractivity contribution >= 4 is 28.7 Å². The fourth-order valence-corrected chi connectivity index (χ4v) is 2.86. The molecule has 18 heavy (non-hydrogen) atoms. The number of fused-ring (bicyclic) bond motifs is 1. The number of nitrogens with one attached hydrogen (secondary N) is 1. The summed E-state index contributed by atoms with van der Waals surface area (Å²) in [7, 11) is 1.29. The minimum Gasteiger partial charge on any atom is -0.468 e. The van der Waals surface area contributed by atoms with E-state index in [4.69, 9.17) is 0 Å². The highest BCUT2D eigenvalue weighted by atomic mass is 32.2. The van der Waals surface area contributed by atoms with E-state index in [2.05, 4.69) is 21.1 Å². The molecule has 1 amide bonds. The van der Waals surface area contributed by atoms with E-state index in [-0.39, 0.29) is 24.9 Å². The number of methoxy groups -OCH3 is 1. The summed E-state index contributed by atoms with van der Waals surface area (Å²) in [4.78, 5) is 26.9. The van der Waals surface area contributed by atoms with Gasteiger partial charge in [-0.15, -0.1) is 11.8 Å². The van der Waals surface area contributed by atoms with Crippen molar-refractivity contribution in [2.24, 2.45) is 4.99 Å². The molecule has 1 aliphatic heterocycles. The van der Waals surface area contributed by atoms with Crippen LogP contribution >= 0.6 is 11.8 Å². The SMILES string of the molecule is COC(=O)CNC(=O)CC1=NC2C=CC=CC2S1. The second kappa shape index (κ2) is 5.86. The minimum absolute atomic E-state index is 0.0973. The van der Waals surface area contributed by atoms with E-state index >= 15 is 0 Å². The lowest BCUT2D eigenvalue weighted by Gasteiger charge is -2.10. The lowest BCUT2D eigenvalue weighted by molar-refractivity contribution is -0.141. The van der Waals surface area contributed by atoms with Gasteiger partial charge < -0.3 is 10.1 Å². The van der Waals surface area contributed by atoms with Crippen molar-refractivity contribution in [1.82, 2.24) is 5.32 Å². The molecule has 0 saturated carbocycles. The van der Waals surface area contributed by atoms with E-state index in [0.717, 1.165) is 5.04 Å². The van der Waals surface area contributed by atoms with E-state index in [0.29, 0.717) is 5.25 Å². The van der Waals surface area contributed by atoms with E-state index < -0.39 is 5.97 Å². The van der Waals surface area contributed by atoms with Crippen LogP contribution in [0.15, 0.2) is 29.3 Å². The molecule has 0 bridgehead atoms. The number of carbonyl (C=O) groups excluding carboxylic acids is 2. The Balaban J connectivity index is 1.80. The number of hydrogen-bond acceptors (Lipinski definition) is 5. The third-order valence-electron chi connectivity index (χ3n) is 2.59. The molecule has 2 aliphatic rings.